The largest absolute Gasteiger partial charge is 0.353 e. The number of nitrogens with one attached hydrogen (secondary N) is 1. The van der Waals surface area contributed by atoms with Crippen LogP contribution in [-0.4, -0.2) is 62.3 Å². The van der Waals surface area contributed by atoms with Crippen LogP contribution < -0.4 is 5.32 Å². The van der Waals surface area contributed by atoms with Crippen LogP contribution in [0.4, 0.5) is 0 Å². The predicted octanol–water partition coefficient (Wildman–Crippen LogP) is 1.56. The van der Waals surface area contributed by atoms with Gasteiger partial charge in [0.05, 0.1) is 23.1 Å². The Labute approximate surface area is 162 Å². The number of rotatable bonds is 7. The van der Waals surface area contributed by atoms with Gasteiger partial charge < -0.3 is 5.32 Å². The summed E-state index contributed by atoms with van der Waals surface area (Å²) in [6, 6.07) is 7.59. The van der Waals surface area contributed by atoms with Crippen LogP contribution in [0.3, 0.4) is 0 Å². The van der Waals surface area contributed by atoms with Crippen molar-refractivity contribution in [2.75, 3.05) is 33.2 Å². The summed E-state index contributed by atoms with van der Waals surface area (Å²) >= 11 is 0. The van der Waals surface area contributed by atoms with E-state index in [2.05, 4.69) is 24.1 Å². The van der Waals surface area contributed by atoms with Crippen molar-refractivity contribution in [2.24, 2.45) is 0 Å². The molecule has 1 aromatic carbocycles. The van der Waals surface area contributed by atoms with Gasteiger partial charge >= 0.3 is 0 Å². The Balaban J connectivity index is 1.92. The van der Waals surface area contributed by atoms with E-state index < -0.39 is 10.0 Å². The van der Waals surface area contributed by atoms with Gasteiger partial charge in [-0.15, -0.1) is 0 Å². The number of benzene rings is 1. The van der Waals surface area contributed by atoms with Gasteiger partial charge in [-0.3, -0.25) is 9.69 Å². The average molecular weight is 393 g/mol. The molecule has 0 aliphatic carbocycles. The third-order valence-electron chi connectivity index (χ3n) is 4.99. The first kappa shape index (κ1) is 21.4. The average Bonchev–Trinajstić information content (AvgIpc) is 2.67. The molecule has 1 heterocycles. The summed E-state index contributed by atoms with van der Waals surface area (Å²) in [7, 11) is -2.40. The maximum Gasteiger partial charge on any atom is 0.243 e. The second kappa shape index (κ2) is 8.83. The number of hydrogen-bond donors (Lipinski definition) is 1. The van der Waals surface area contributed by atoms with Crippen molar-refractivity contribution in [1.29, 1.82) is 5.26 Å². The molecule has 1 fully saturated rings. The molecular weight excluding hydrogens is 364 g/mol. The molecule has 0 bridgehead atoms. The van der Waals surface area contributed by atoms with Gasteiger partial charge in [0, 0.05) is 19.1 Å². The molecule has 0 unspecified atom stereocenters. The Morgan fingerprint density at radius 2 is 1.81 bits per heavy atom. The fourth-order valence-corrected chi connectivity index (χ4v) is 4.28. The molecule has 1 amide bonds. The molecule has 1 aliphatic rings. The highest BCUT2D eigenvalue weighted by Crippen LogP contribution is 2.20. The number of carbonyl (C=O) groups excluding carboxylic acids is 1. The summed E-state index contributed by atoms with van der Waals surface area (Å²) in [5.74, 6) is -0.334. The Kier molecular flexibility index (Phi) is 6.98. The fraction of sp³-hybridized carbons (Fsp3) is 0.579. The lowest BCUT2D eigenvalue weighted by molar-refractivity contribution is -0.121. The molecule has 1 N–H and O–H groups in total. The highest BCUT2D eigenvalue weighted by Gasteiger charge is 2.29. The lowest BCUT2D eigenvalue weighted by Crippen LogP contribution is -2.54. The molecule has 0 radical (unpaired) electrons. The minimum absolute atomic E-state index is 0.0606. The first-order chi connectivity index (χ1) is 12.7. The third kappa shape index (κ3) is 5.51. The second-order valence-electron chi connectivity index (χ2n) is 7.53. The van der Waals surface area contributed by atoms with Crippen molar-refractivity contribution in [1.82, 2.24) is 14.5 Å². The molecule has 1 aliphatic heterocycles. The number of likely N-dealkylation sites (tertiary alicyclic amines) is 1. The van der Waals surface area contributed by atoms with Crippen LogP contribution in [0.2, 0.25) is 0 Å². The number of sulfonamides is 1. The van der Waals surface area contributed by atoms with Crippen molar-refractivity contribution in [3.05, 3.63) is 29.8 Å². The normalized spacial score (nSPS) is 16.1. The van der Waals surface area contributed by atoms with E-state index in [0.29, 0.717) is 12.1 Å². The third-order valence-corrected chi connectivity index (χ3v) is 6.81. The number of nitrogens with zero attached hydrogens (tertiary/aromatic N) is 3. The topological polar surface area (TPSA) is 93.5 Å². The molecule has 8 heteroatoms. The van der Waals surface area contributed by atoms with E-state index in [-0.39, 0.29) is 22.9 Å². The van der Waals surface area contributed by atoms with Crippen molar-refractivity contribution in [2.45, 2.75) is 43.5 Å². The first-order valence-corrected chi connectivity index (χ1v) is 10.6. The van der Waals surface area contributed by atoms with Crippen LogP contribution in [0, 0.1) is 11.3 Å². The molecule has 0 atom stereocenters. The number of piperidine rings is 1. The number of carbonyl (C=O) groups is 1. The minimum atomic E-state index is -3.78. The summed E-state index contributed by atoms with van der Waals surface area (Å²) in [4.78, 5) is 14.7. The zero-order valence-electron chi connectivity index (χ0n) is 16.2. The van der Waals surface area contributed by atoms with E-state index in [1.165, 1.54) is 50.6 Å². The molecule has 148 valence electrons. The van der Waals surface area contributed by atoms with Crippen molar-refractivity contribution in [3.8, 4) is 6.07 Å². The van der Waals surface area contributed by atoms with Crippen LogP contribution in [0.5, 0.6) is 0 Å². The molecule has 1 aromatic rings. The van der Waals surface area contributed by atoms with Gasteiger partial charge in [-0.25, -0.2) is 8.42 Å². The van der Waals surface area contributed by atoms with E-state index in [1.807, 2.05) is 6.07 Å². The van der Waals surface area contributed by atoms with E-state index in [4.69, 9.17) is 5.26 Å². The van der Waals surface area contributed by atoms with Gasteiger partial charge in [0.15, 0.2) is 0 Å². The molecular formula is C19H28N4O3S. The van der Waals surface area contributed by atoms with Gasteiger partial charge in [0.1, 0.15) is 0 Å². The van der Waals surface area contributed by atoms with E-state index in [9.17, 15) is 13.2 Å². The molecule has 2 rings (SSSR count). The fourth-order valence-electron chi connectivity index (χ4n) is 3.15. The summed E-state index contributed by atoms with van der Waals surface area (Å²) in [6.45, 7) is 6.45. The van der Waals surface area contributed by atoms with E-state index in [1.54, 1.807) is 0 Å². The number of amides is 1. The Bertz CT molecular complexity index is 791. The van der Waals surface area contributed by atoms with Gasteiger partial charge in [0.25, 0.3) is 0 Å². The van der Waals surface area contributed by atoms with E-state index >= 15 is 0 Å². The highest BCUT2D eigenvalue weighted by molar-refractivity contribution is 7.89. The van der Waals surface area contributed by atoms with Gasteiger partial charge in [-0.05, 0) is 64.0 Å². The lowest BCUT2D eigenvalue weighted by Gasteiger charge is -2.41. The molecule has 0 aromatic heterocycles. The minimum Gasteiger partial charge on any atom is -0.353 e. The van der Waals surface area contributed by atoms with Crippen LogP contribution >= 0.6 is 0 Å². The van der Waals surface area contributed by atoms with Crippen LogP contribution in [0.15, 0.2) is 29.2 Å². The van der Waals surface area contributed by atoms with Crippen molar-refractivity contribution < 1.29 is 13.2 Å². The Hall–Kier alpha value is -1.95. The van der Waals surface area contributed by atoms with Crippen molar-refractivity contribution >= 4 is 15.9 Å². The SMILES string of the molecule is CN(CC(=O)NCC(C)(C)N1CCCCC1)S(=O)(=O)c1ccc(C#N)cc1. The predicted molar refractivity (Wildman–Crippen MR) is 103 cm³/mol. The van der Waals surface area contributed by atoms with E-state index in [0.717, 1.165) is 17.4 Å². The Morgan fingerprint density at radius 3 is 2.37 bits per heavy atom. The number of hydrogen-bond acceptors (Lipinski definition) is 5. The van der Waals surface area contributed by atoms with Crippen LogP contribution in [-0.2, 0) is 14.8 Å². The lowest BCUT2D eigenvalue weighted by atomic mass is 9.98. The maximum absolute atomic E-state index is 12.6. The summed E-state index contributed by atoms with van der Waals surface area (Å²) in [5.41, 5.74) is 0.218. The molecule has 27 heavy (non-hydrogen) atoms. The van der Waals surface area contributed by atoms with Crippen molar-refractivity contribution in [3.63, 3.8) is 0 Å². The zero-order chi connectivity index (χ0) is 20.1. The first-order valence-electron chi connectivity index (χ1n) is 9.15. The molecule has 0 spiro atoms. The molecule has 7 nitrogen and oxygen atoms in total. The maximum atomic E-state index is 12.6. The quantitative estimate of drug-likeness (QED) is 0.760. The zero-order valence-corrected chi connectivity index (χ0v) is 17.1. The standard InChI is InChI=1S/C19H28N4O3S/c1-19(2,23-11-5-4-6-12-23)15-21-18(24)14-22(3)27(25,26)17-9-7-16(13-20)8-10-17/h7-10H,4-6,11-12,14-15H2,1-3H3,(H,21,24). The van der Waals surface area contributed by atoms with Crippen LogP contribution in [0.1, 0.15) is 38.7 Å². The highest BCUT2D eigenvalue weighted by atomic mass is 32.2. The van der Waals surface area contributed by atoms with Gasteiger partial charge in [-0.1, -0.05) is 6.42 Å². The van der Waals surface area contributed by atoms with Gasteiger partial charge in [0.2, 0.25) is 15.9 Å². The number of likely N-dealkylation sites (N-methyl/N-ethyl adjacent to an activating group) is 1. The van der Waals surface area contributed by atoms with Crippen LogP contribution in [0.25, 0.3) is 0 Å². The summed E-state index contributed by atoms with van der Waals surface area (Å²) in [6.07, 6.45) is 3.59. The van der Waals surface area contributed by atoms with Gasteiger partial charge in [-0.2, -0.15) is 9.57 Å². The Morgan fingerprint density at radius 1 is 1.22 bits per heavy atom. The molecule has 1 saturated heterocycles. The summed E-state index contributed by atoms with van der Waals surface area (Å²) in [5, 5.41) is 11.7. The second-order valence-corrected chi connectivity index (χ2v) is 9.58. The summed E-state index contributed by atoms with van der Waals surface area (Å²) < 4.78 is 26.2. The smallest absolute Gasteiger partial charge is 0.243 e. The number of nitriles is 1. The molecule has 0 saturated carbocycles. The monoisotopic (exact) mass is 392 g/mol.